The molecule has 4 nitrogen and oxygen atoms in total. The number of carbonyl (C=O) groups is 1. The predicted molar refractivity (Wildman–Crippen MR) is 114 cm³/mol. The lowest BCUT2D eigenvalue weighted by Crippen LogP contribution is -2.35. The maximum atomic E-state index is 12.3. The molecule has 4 heteroatoms. The molecular formula is C23H23N3O. The zero-order chi connectivity index (χ0) is 19.1. The molecule has 3 aromatic rings. The SMILES string of the molecule is CC(C=Cc1ccccc1)=NNC(=O)C(C)Nc1ccc2ccccc2c1. The maximum Gasteiger partial charge on any atom is 0.262 e. The Hall–Kier alpha value is -3.40. The summed E-state index contributed by atoms with van der Waals surface area (Å²) in [5, 5.41) is 9.66. The van der Waals surface area contributed by atoms with E-state index in [4.69, 9.17) is 0 Å². The number of anilines is 1. The van der Waals surface area contributed by atoms with E-state index < -0.39 is 6.04 Å². The summed E-state index contributed by atoms with van der Waals surface area (Å²) in [6, 6.07) is 23.7. The molecule has 1 unspecified atom stereocenters. The first kappa shape index (κ1) is 18.4. The average molecular weight is 357 g/mol. The first-order valence-corrected chi connectivity index (χ1v) is 8.94. The van der Waals surface area contributed by atoms with Crippen molar-refractivity contribution in [2.45, 2.75) is 19.9 Å². The molecule has 0 bridgehead atoms. The van der Waals surface area contributed by atoms with Crippen LogP contribution in [0.25, 0.3) is 16.8 Å². The molecule has 1 atom stereocenters. The summed E-state index contributed by atoms with van der Waals surface area (Å²) in [5.41, 5.74) is 5.33. The molecule has 0 aromatic heterocycles. The standard InChI is InChI=1S/C23H23N3O/c1-17(12-13-19-8-4-3-5-9-19)25-26-23(27)18(2)24-22-15-14-20-10-6-7-11-21(20)16-22/h3-16,18,24H,1-2H3,(H,26,27). The summed E-state index contributed by atoms with van der Waals surface area (Å²) in [6.07, 6.45) is 3.83. The summed E-state index contributed by atoms with van der Waals surface area (Å²) in [4.78, 5) is 12.3. The average Bonchev–Trinajstić information content (AvgIpc) is 2.71. The highest BCUT2D eigenvalue weighted by Crippen LogP contribution is 2.19. The number of nitrogens with one attached hydrogen (secondary N) is 2. The summed E-state index contributed by atoms with van der Waals surface area (Å²) >= 11 is 0. The van der Waals surface area contributed by atoms with Gasteiger partial charge in [-0.2, -0.15) is 5.10 Å². The second kappa shape index (κ2) is 8.81. The molecule has 0 spiro atoms. The number of hydrogen-bond acceptors (Lipinski definition) is 3. The van der Waals surface area contributed by atoms with Gasteiger partial charge in [-0.3, -0.25) is 4.79 Å². The summed E-state index contributed by atoms with van der Waals surface area (Å²) in [7, 11) is 0. The third kappa shape index (κ3) is 5.28. The van der Waals surface area contributed by atoms with Crippen molar-refractivity contribution in [2.24, 2.45) is 5.10 Å². The molecule has 0 radical (unpaired) electrons. The highest BCUT2D eigenvalue weighted by molar-refractivity contribution is 5.97. The van der Waals surface area contributed by atoms with Gasteiger partial charge in [0.05, 0.1) is 5.71 Å². The highest BCUT2D eigenvalue weighted by Gasteiger charge is 2.12. The minimum absolute atomic E-state index is 0.185. The van der Waals surface area contributed by atoms with Gasteiger partial charge >= 0.3 is 0 Å². The molecule has 2 N–H and O–H groups in total. The van der Waals surface area contributed by atoms with E-state index in [1.807, 2.05) is 86.7 Å². The fourth-order valence-corrected chi connectivity index (χ4v) is 2.65. The number of benzene rings is 3. The zero-order valence-corrected chi connectivity index (χ0v) is 15.5. The van der Waals surface area contributed by atoms with Crippen LogP contribution in [0, 0.1) is 0 Å². The smallest absolute Gasteiger partial charge is 0.262 e. The number of nitrogens with zero attached hydrogens (tertiary/aromatic N) is 1. The van der Waals surface area contributed by atoms with Gasteiger partial charge in [-0.1, -0.05) is 66.7 Å². The number of hydrogen-bond donors (Lipinski definition) is 2. The number of rotatable bonds is 6. The van der Waals surface area contributed by atoms with Crippen molar-refractivity contribution in [1.29, 1.82) is 0 Å². The summed E-state index contributed by atoms with van der Waals surface area (Å²) < 4.78 is 0. The van der Waals surface area contributed by atoms with Crippen LogP contribution >= 0.6 is 0 Å². The van der Waals surface area contributed by atoms with E-state index in [-0.39, 0.29) is 5.91 Å². The largest absolute Gasteiger partial charge is 0.374 e. The number of allylic oxidation sites excluding steroid dienone is 1. The first-order chi connectivity index (χ1) is 13.1. The fourth-order valence-electron chi connectivity index (χ4n) is 2.65. The van der Waals surface area contributed by atoms with Crippen molar-refractivity contribution in [2.75, 3.05) is 5.32 Å². The van der Waals surface area contributed by atoms with E-state index in [0.29, 0.717) is 0 Å². The van der Waals surface area contributed by atoms with Gasteiger partial charge in [0, 0.05) is 5.69 Å². The van der Waals surface area contributed by atoms with E-state index >= 15 is 0 Å². The van der Waals surface area contributed by atoms with Gasteiger partial charge in [-0.25, -0.2) is 5.43 Å². The minimum Gasteiger partial charge on any atom is -0.374 e. The van der Waals surface area contributed by atoms with E-state index in [1.165, 1.54) is 5.39 Å². The molecule has 0 aliphatic rings. The van der Waals surface area contributed by atoms with Crippen LogP contribution < -0.4 is 10.7 Å². The third-order valence-electron chi connectivity index (χ3n) is 4.18. The van der Waals surface area contributed by atoms with Gasteiger partial charge < -0.3 is 5.32 Å². The second-order valence-electron chi connectivity index (χ2n) is 6.40. The molecule has 0 saturated heterocycles. The van der Waals surface area contributed by atoms with E-state index in [0.717, 1.165) is 22.3 Å². The molecule has 0 aliphatic heterocycles. The Balaban J connectivity index is 1.57. The minimum atomic E-state index is -0.402. The molecule has 0 fully saturated rings. The summed E-state index contributed by atoms with van der Waals surface area (Å²) in [5.74, 6) is -0.185. The van der Waals surface area contributed by atoms with Crippen LogP contribution in [-0.4, -0.2) is 17.7 Å². The van der Waals surface area contributed by atoms with Crippen LogP contribution in [0.1, 0.15) is 19.4 Å². The Morgan fingerprint density at radius 2 is 1.67 bits per heavy atom. The number of fused-ring (bicyclic) bond motifs is 1. The molecular weight excluding hydrogens is 334 g/mol. The van der Waals surface area contributed by atoms with Gasteiger partial charge in [-0.05, 0) is 48.4 Å². The van der Waals surface area contributed by atoms with Crippen molar-refractivity contribution < 1.29 is 4.79 Å². The Kier molecular flexibility index (Phi) is 6.00. The van der Waals surface area contributed by atoms with Crippen molar-refractivity contribution >= 4 is 34.2 Å². The number of carbonyl (C=O) groups excluding carboxylic acids is 1. The Labute approximate surface area is 159 Å². The summed E-state index contributed by atoms with van der Waals surface area (Å²) in [6.45, 7) is 3.66. The molecule has 136 valence electrons. The van der Waals surface area contributed by atoms with Crippen molar-refractivity contribution in [3.8, 4) is 0 Å². The van der Waals surface area contributed by atoms with Crippen LogP contribution in [0.2, 0.25) is 0 Å². The molecule has 3 rings (SSSR count). The van der Waals surface area contributed by atoms with Gasteiger partial charge in [0.1, 0.15) is 6.04 Å². The van der Waals surface area contributed by atoms with Gasteiger partial charge in [-0.15, -0.1) is 0 Å². The Morgan fingerprint density at radius 1 is 0.963 bits per heavy atom. The normalized spacial score (nSPS) is 12.9. The van der Waals surface area contributed by atoms with Crippen LogP contribution in [0.5, 0.6) is 0 Å². The van der Waals surface area contributed by atoms with Crippen LogP contribution in [0.4, 0.5) is 5.69 Å². The Morgan fingerprint density at radius 3 is 2.44 bits per heavy atom. The second-order valence-corrected chi connectivity index (χ2v) is 6.40. The van der Waals surface area contributed by atoms with Crippen LogP contribution in [0.3, 0.4) is 0 Å². The predicted octanol–water partition coefficient (Wildman–Crippen LogP) is 4.85. The van der Waals surface area contributed by atoms with E-state index in [9.17, 15) is 4.79 Å². The fraction of sp³-hybridized carbons (Fsp3) is 0.130. The van der Waals surface area contributed by atoms with Crippen LogP contribution in [0.15, 0.2) is 84.0 Å². The lowest BCUT2D eigenvalue weighted by molar-refractivity contribution is -0.121. The molecule has 0 heterocycles. The maximum absolute atomic E-state index is 12.3. The number of hydrazone groups is 1. The van der Waals surface area contributed by atoms with Gasteiger partial charge in [0.2, 0.25) is 0 Å². The third-order valence-corrected chi connectivity index (χ3v) is 4.18. The molecule has 0 aliphatic carbocycles. The van der Waals surface area contributed by atoms with Crippen molar-refractivity contribution in [1.82, 2.24) is 5.43 Å². The molecule has 0 saturated carbocycles. The van der Waals surface area contributed by atoms with E-state index in [2.05, 4.69) is 28.0 Å². The lowest BCUT2D eigenvalue weighted by Gasteiger charge is -2.14. The molecule has 27 heavy (non-hydrogen) atoms. The Bertz CT molecular complexity index is 977. The van der Waals surface area contributed by atoms with Gasteiger partial charge in [0.25, 0.3) is 5.91 Å². The van der Waals surface area contributed by atoms with Gasteiger partial charge in [0.15, 0.2) is 0 Å². The van der Waals surface area contributed by atoms with E-state index in [1.54, 1.807) is 0 Å². The quantitative estimate of drug-likeness (QED) is 0.490. The van der Waals surface area contributed by atoms with Crippen LogP contribution in [-0.2, 0) is 4.79 Å². The lowest BCUT2D eigenvalue weighted by atomic mass is 10.1. The monoisotopic (exact) mass is 357 g/mol. The zero-order valence-electron chi connectivity index (χ0n) is 15.5. The molecule has 3 aromatic carbocycles. The molecule has 1 amide bonds. The number of amides is 1. The van der Waals surface area contributed by atoms with Crippen molar-refractivity contribution in [3.05, 3.63) is 84.4 Å². The topological polar surface area (TPSA) is 53.5 Å². The van der Waals surface area contributed by atoms with Crippen molar-refractivity contribution in [3.63, 3.8) is 0 Å². The first-order valence-electron chi connectivity index (χ1n) is 8.94. The highest BCUT2D eigenvalue weighted by atomic mass is 16.2.